The van der Waals surface area contributed by atoms with Crippen LogP contribution in [0.3, 0.4) is 0 Å². The van der Waals surface area contributed by atoms with Crippen molar-refractivity contribution >= 4 is 27.3 Å². The van der Waals surface area contributed by atoms with E-state index in [1.54, 1.807) is 0 Å². The highest BCUT2D eigenvalue weighted by Crippen LogP contribution is 2.21. The van der Waals surface area contributed by atoms with Gasteiger partial charge in [0, 0.05) is 29.0 Å². The van der Waals surface area contributed by atoms with Crippen LogP contribution in [0, 0.1) is 0 Å². The van der Waals surface area contributed by atoms with Crippen molar-refractivity contribution in [1.82, 2.24) is 15.1 Å². The largest absolute Gasteiger partial charge is 0.312 e. The summed E-state index contributed by atoms with van der Waals surface area (Å²) < 4.78 is 1.24. The van der Waals surface area contributed by atoms with Crippen molar-refractivity contribution in [3.8, 4) is 0 Å². The zero-order chi connectivity index (χ0) is 13.5. The van der Waals surface area contributed by atoms with Gasteiger partial charge in [-0.2, -0.15) is 0 Å². The van der Waals surface area contributed by atoms with Crippen LogP contribution in [0.1, 0.15) is 17.7 Å². The molecule has 1 aromatic heterocycles. The summed E-state index contributed by atoms with van der Waals surface area (Å²) in [5.74, 6) is 0. The molecule has 2 rings (SSSR count). The number of halogens is 1. The minimum absolute atomic E-state index is 0.987. The predicted molar refractivity (Wildman–Crippen MR) is 86.9 cm³/mol. The van der Waals surface area contributed by atoms with Gasteiger partial charge in [0.2, 0.25) is 0 Å². The summed E-state index contributed by atoms with van der Waals surface area (Å²) in [6.45, 7) is 8.29. The lowest BCUT2D eigenvalue weighted by Gasteiger charge is -2.19. The molecule has 1 aliphatic heterocycles. The quantitative estimate of drug-likeness (QED) is 0.799. The highest BCUT2D eigenvalue weighted by molar-refractivity contribution is 9.10. The third-order valence-corrected chi connectivity index (χ3v) is 5.54. The number of rotatable bonds is 6. The molecular formula is C14H24BrN3S. The van der Waals surface area contributed by atoms with E-state index in [2.05, 4.69) is 49.5 Å². The number of hydrogen-bond acceptors (Lipinski definition) is 4. The van der Waals surface area contributed by atoms with Crippen LogP contribution < -0.4 is 5.32 Å². The second kappa shape index (κ2) is 8.37. The number of likely N-dealkylation sites (N-methyl/N-ethyl adjacent to an activating group) is 1. The highest BCUT2D eigenvalue weighted by atomic mass is 79.9. The average molecular weight is 346 g/mol. The Hall–Kier alpha value is 0.0600. The molecule has 1 N–H and O–H groups in total. The van der Waals surface area contributed by atoms with Crippen molar-refractivity contribution in [3.63, 3.8) is 0 Å². The Morgan fingerprint density at radius 2 is 2.21 bits per heavy atom. The van der Waals surface area contributed by atoms with Gasteiger partial charge in [-0.15, -0.1) is 11.3 Å². The molecule has 1 fully saturated rings. The summed E-state index contributed by atoms with van der Waals surface area (Å²) in [7, 11) is 2.23. The van der Waals surface area contributed by atoms with Gasteiger partial charge in [0.15, 0.2) is 0 Å². The molecule has 0 atom stereocenters. The zero-order valence-electron chi connectivity index (χ0n) is 11.7. The van der Waals surface area contributed by atoms with Gasteiger partial charge in [0.25, 0.3) is 0 Å². The van der Waals surface area contributed by atoms with E-state index in [9.17, 15) is 0 Å². The van der Waals surface area contributed by atoms with E-state index in [1.807, 2.05) is 11.3 Å². The molecule has 5 heteroatoms. The molecule has 0 saturated carbocycles. The van der Waals surface area contributed by atoms with Crippen molar-refractivity contribution in [2.45, 2.75) is 19.4 Å². The lowest BCUT2D eigenvalue weighted by atomic mass is 10.3. The van der Waals surface area contributed by atoms with E-state index >= 15 is 0 Å². The van der Waals surface area contributed by atoms with Crippen LogP contribution in [0.2, 0.25) is 0 Å². The summed E-state index contributed by atoms with van der Waals surface area (Å²) >= 11 is 5.38. The van der Waals surface area contributed by atoms with Crippen molar-refractivity contribution in [1.29, 1.82) is 0 Å². The van der Waals surface area contributed by atoms with E-state index in [0.717, 1.165) is 13.1 Å². The van der Waals surface area contributed by atoms with Gasteiger partial charge in [-0.05, 0) is 73.4 Å². The van der Waals surface area contributed by atoms with Crippen LogP contribution >= 0.6 is 27.3 Å². The lowest BCUT2D eigenvalue weighted by molar-refractivity contribution is 0.272. The Labute approximate surface area is 129 Å². The smallest absolute Gasteiger partial charge is 0.0327 e. The van der Waals surface area contributed by atoms with Crippen molar-refractivity contribution in [2.75, 3.05) is 46.3 Å². The van der Waals surface area contributed by atoms with E-state index in [-0.39, 0.29) is 0 Å². The van der Waals surface area contributed by atoms with Gasteiger partial charge < -0.3 is 15.1 Å². The molecule has 2 heterocycles. The molecular weight excluding hydrogens is 322 g/mol. The fourth-order valence-electron chi connectivity index (χ4n) is 2.40. The third kappa shape index (κ3) is 5.52. The molecule has 0 spiro atoms. The molecule has 0 aliphatic carbocycles. The number of nitrogens with zero attached hydrogens (tertiary/aromatic N) is 2. The maximum absolute atomic E-state index is 3.57. The normalized spacial score (nSPS) is 18.6. The van der Waals surface area contributed by atoms with Gasteiger partial charge in [-0.25, -0.2) is 0 Å². The summed E-state index contributed by atoms with van der Waals surface area (Å²) in [5.41, 5.74) is 0. The summed E-state index contributed by atoms with van der Waals surface area (Å²) in [6.07, 6.45) is 2.55. The summed E-state index contributed by atoms with van der Waals surface area (Å²) in [6, 6.07) is 2.12. The van der Waals surface area contributed by atoms with E-state index < -0.39 is 0 Å². The van der Waals surface area contributed by atoms with Crippen LogP contribution in [-0.4, -0.2) is 56.1 Å². The number of thiophene rings is 1. The zero-order valence-corrected chi connectivity index (χ0v) is 14.1. The first-order chi connectivity index (χ1) is 9.25. The molecule has 19 heavy (non-hydrogen) atoms. The Balaban J connectivity index is 1.55. The van der Waals surface area contributed by atoms with E-state index in [0.29, 0.717) is 0 Å². The first-order valence-corrected chi connectivity index (χ1v) is 8.76. The number of nitrogens with one attached hydrogen (secondary N) is 1. The van der Waals surface area contributed by atoms with Crippen LogP contribution in [0.15, 0.2) is 15.9 Å². The van der Waals surface area contributed by atoms with E-state index in [1.165, 1.54) is 54.9 Å². The molecule has 0 amide bonds. The lowest BCUT2D eigenvalue weighted by Crippen LogP contribution is -2.31. The van der Waals surface area contributed by atoms with E-state index in [4.69, 9.17) is 0 Å². The molecule has 0 aromatic carbocycles. The number of hydrogen-bond donors (Lipinski definition) is 1. The SMILES string of the molecule is CN1CCCN(CCCNCc2sccc2Br)CC1. The second-order valence-corrected chi connectivity index (χ2v) is 7.08. The first-order valence-electron chi connectivity index (χ1n) is 7.09. The Morgan fingerprint density at radius 1 is 1.32 bits per heavy atom. The average Bonchev–Trinajstić information content (AvgIpc) is 2.68. The van der Waals surface area contributed by atoms with Crippen LogP contribution in [-0.2, 0) is 6.54 Å². The van der Waals surface area contributed by atoms with Crippen molar-refractivity contribution in [2.24, 2.45) is 0 Å². The Bertz CT molecular complexity index is 369. The highest BCUT2D eigenvalue weighted by Gasteiger charge is 2.11. The molecule has 1 aromatic rings. The Kier molecular flexibility index (Phi) is 6.81. The monoisotopic (exact) mass is 345 g/mol. The van der Waals surface area contributed by atoms with Gasteiger partial charge in [-0.1, -0.05) is 0 Å². The Morgan fingerprint density at radius 3 is 3.00 bits per heavy atom. The standard InChI is InChI=1S/C14H24BrN3S/c1-17-6-3-8-18(10-9-17)7-2-5-16-12-14-13(15)4-11-19-14/h4,11,16H,2-3,5-10,12H2,1H3. The van der Waals surface area contributed by atoms with Crippen LogP contribution in [0.4, 0.5) is 0 Å². The fourth-order valence-corrected chi connectivity index (χ4v) is 3.87. The summed E-state index contributed by atoms with van der Waals surface area (Å²) in [4.78, 5) is 6.44. The van der Waals surface area contributed by atoms with Gasteiger partial charge >= 0.3 is 0 Å². The minimum atomic E-state index is 0.987. The second-order valence-electron chi connectivity index (χ2n) is 5.22. The van der Waals surface area contributed by atoms with Gasteiger partial charge in [0.05, 0.1) is 0 Å². The maximum Gasteiger partial charge on any atom is 0.0327 e. The fraction of sp³-hybridized carbons (Fsp3) is 0.714. The van der Waals surface area contributed by atoms with Crippen LogP contribution in [0.5, 0.6) is 0 Å². The van der Waals surface area contributed by atoms with Gasteiger partial charge in [-0.3, -0.25) is 0 Å². The summed E-state index contributed by atoms with van der Waals surface area (Å²) in [5, 5.41) is 5.67. The van der Waals surface area contributed by atoms with Crippen molar-refractivity contribution in [3.05, 3.63) is 20.8 Å². The molecule has 108 valence electrons. The first kappa shape index (κ1) is 15.4. The molecule has 1 aliphatic rings. The molecule has 0 radical (unpaired) electrons. The third-order valence-electron chi connectivity index (χ3n) is 3.62. The molecule has 3 nitrogen and oxygen atoms in total. The minimum Gasteiger partial charge on any atom is -0.312 e. The van der Waals surface area contributed by atoms with Gasteiger partial charge in [0.1, 0.15) is 0 Å². The van der Waals surface area contributed by atoms with Crippen molar-refractivity contribution < 1.29 is 0 Å². The topological polar surface area (TPSA) is 18.5 Å². The molecule has 0 unspecified atom stereocenters. The maximum atomic E-state index is 3.57. The van der Waals surface area contributed by atoms with Crippen LogP contribution in [0.25, 0.3) is 0 Å². The predicted octanol–water partition coefficient (Wildman–Crippen LogP) is 2.63. The molecule has 1 saturated heterocycles. The molecule has 0 bridgehead atoms.